The molecule has 0 spiro atoms. The molecule has 6 nitrogen and oxygen atoms in total. The van der Waals surface area contributed by atoms with Gasteiger partial charge in [0.2, 0.25) is 0 Å². The van der Waals surface area contributed by atoms with Crippen LogP contribution in [0.3, 0.4) is 0 Å². The minimum Gasteiger partial charge on any atom is -0.497 e. The molecule has 0 heterocycles. The fraction of sp³-hybridized carbons (Fsp3) is 0.158. The van der Waals surface area contributed by atoms with Crippen molar-refractivity contribution in [3.05, 3.63) is 71.4 Å². The largest absolute Gasteiger partial charge is 0.497 e. The maximum Gasteiger partial charge on any atom is 0.357 e. The van der Waals surface area contributed by atoms with Crippen LogP contribution in [0.4, 0.5) is 5.69 Å². The van der Waals surface area contributed by atoms with Gasteiger partial charge < -0.3 is 14.9 Å². The first-order chi connectivity index (χ1) is 12.0. The topological polar surface area (TPSA) is 76.7 Å². The summed E-state index contributed by atoms with van der Waals surface area (Å²) >= 11 is 0. The lowest BCUT2D eigenvalue weighted by atomic mass is 10.1. The van der Waals surface area contributed by atoms with E-state index in [0.717, 1.165) is 17.0 Å². The molecule has 0 saturated carbocycles. The molecule has 0 bridgehead atoms. The number of aryl methyl sites for hydroxylation is 1. The maximum atomic E-state index is 11.9. The van der Waals surface area contributed by atoms with Crippen LogP contribution >= 0.6 is 0 Å². The predicted molar refractivity (Wildman–Crippen MR) is 95.1 cm³/mol. The fourth-order valence-corrected chi connectivity index (χ4v) is 2.00. The number of hydrogen-bond acceptors (Lipinski definition) is 5. The summed E-state index contributed by atoms with van der Waals surface area (Å²) in [4.78, 5) is 28.4. The normalized spacial score (nSPS) is 10.8. The predicted octanol–water partition coefficient (Wildman–Crippen LogP) is 3.21. The van der Waals surface area contributed by atoms with Crippen molar-refractivity contribution in [1.82, 2.24) is 5.48 Å². The molecule has 2 rings (SSSR count). The summed E-state index contributed by atoms with van der Waals surface area (Å²) in [5, 5.41) is 3.04. The lowest BCUT2D eigenvalue weighted by molar-refractivity contribution is -0.142. The zero-order chi connectivity index (χ0) is 18.2. The number of hydroxylamine groups is 1. The Bertz CT molecular complexity index is 765. The van der Waals surface area contributed by atoms with Crippen LogP contribution in [0, 0.1) is 6.92 Å². The van der Waals surface area contributed by atoms with Gasteiger partial charge in [0.25, 0.3) is 5.91 Å². The molecule has 2 aromatic carbocycles. The van der Waals surface area contributed by atoms with Gasteiger partial charge in [0.15, 0.2) is 0 Å². The van der Waals surface area contributed by atoms with E-state index in [0.29, 0.717) is 11.3 Å². The smallest absolute Gasteiger partial charge is 0.357 e. The van der Waals surface area contributed by atoms with Crippen LogP contribution < -0.4 is 15.5 Å². The third kappa shape index (κ3) is 5.69. The first-order valence-corrected chi connectivity index (χ1v) is 7.65. The molecule has 130 valence electrons. The van der Waals surface area contributed by atoms with E-state index in [4.69, 9.17) is 9.57 Å². The van der Waals surface area contributed by atoms with E-state index in [1.54, 1.807) is 50.4 Å². The monoisotopic (exact) mass is 340 g/mol. The second-order valence-corrected chi connectivity index (χ2v) is 5.40. The Labute approximate surface area is 146 Å². The van der Waals surface area contributed by atoms with Crippen molar-refractivity contribution in [1.29, 1.82) is 0 Å². The van der Waals surface area contributed by atoms with Crippen LogP contribution in [0.2, 0.25) is 0 Å². The number of carbonyl (C=O) groups is 2. The Kier molecular flexibility index (Phi) is 6.17. The summed E-state index contributed by atoms with van der Waals surface area (Å²) in [6, 6.07) is 14.2. The summed E-state index contributed by atoms with van der Waals surface area (Å²) in [7, 11) is 1.59. The Morgan fingerprint density at radius 3 is 2.24 bits per heavy atom. The quantitative estimate of drug-likeness (QED) is 0.646. The number of carbonyl (C=O) groups excluding carboxylic acids is 2. The number of allylic oxidation sites excluding steroid dienone is 1. The second kappa shape index (κ2) is 8.54. The van der Waals surface area contributed by atoms with Gasteiger partial charge in [-0.25, -0.2) is 4.79 Å². The van der Waals surface area contributed by atoms with E-state index in [9.17, 15) is 9.59 Å². The number of nitrogens with one attached hydrogen (secondary N) is 2. The van der Waals surface area contributed by atoms with Gasteiger partial charge in [0, 0.05) is 23.0 Å². The Morgan fingerprint density at radius 1 is 1.00 bits per heavy atom. The molecule has 0 saturated heterocycles. The molecule has 0 fully saturated rings. The van der Waals surface area contributed by atoms with Crippen molar-refractivity contribution < 1.29 is 19.2 Å². The molecule has 0 aliphatic carbocycles. The number of anilines is 1. The molecule has 0 unspecified atom stereocenters. The van der Waals surface area contributed by atoms with Gasteiger partial charge in [-0.2, -0.15) is 5.48 Å². The number of ether oxygens (including phenoxy) is 1. The van der Waals surface area contributed by atoms with Gasteiger partial charge >= 0.3 is 5.97 Å². The van der Waals surface area contributed by atoms with E-state index in [1.165, 1.54) is 6.08 Å². The number of methoxy groups -OCH3 is 1. The van der Waals surface area contributed by atoms with Crippen LogP contribution in [-0.4, -0.2) is 19.0 Å². The Balaban J connectivity index is 1.85. The molecule has 0 radical (unpaired) electrons. The molecule has 0 aliphatic heterocycles. The summed E-state index contributed by atoms with van der Waals surface area (Å²) < 4.78 is 5.08. The zero-order valence-electron chi connectivity index (χ0n) is 14.3. The third-order valence-corrected chi connectivity index (χ3v) is 3.32. The summed E-state index contributed by atoms with van der Waals surface area (Å²) in [6.07, 6.45) is 1.25. The lowest BCUT2D eigenvalue weighted by Gasteiger charge is -2.08. The Hall–Kier alpha value is -3.28. The highest BCUT2D eigenvalue weighted by Gasteiger charge is 2.08. The zero-order valence-corrected chi connectivity index (χ0v) is 14.3. The molecular weight excluding hydrogens is 320 g/mol. The van der Waals surface area contributed by atoms with Crippen molar-refractivity contribution in [2.75, 3.05) is 12.4 Å². The summed E-state index contributed by atoms with van der Waals surface area (Å²) in [5.74, 6) is -0.424. The van der Waals surface area contributed by atoms with Gasteiger partial charge in [-0.15, -0.1) is 0 Å². The minimum absolute atomic E-state index is 0.412. The highest BCUT2D eigenvalue weighted by molar-refractivity contribution is 5.94. The molecule has 2 N–H and O–H groups in total. The van der Waals surface area contributed by atoms with Gasteiger partial charge in [-0.3, -0.25) is 4.79 Å². The van der Waals surface area contributed by atoms with Gasteiger partial charge in [-0.05, 0) is 50.2 Å². The van der Waals surface area contributed by atoms with E-state index in [1.807, 2.05) is 19.1 Å². The lowest BCUT2D eigenvalue weighted by Crippen LogP contribution is -2.26. The van der Waals surface area contributed by atoms with Gasteiger partial charge in [-0.1, -0.05) is 17.7 Å². The molecule has 25 heavy (non-hydrogen) atoms. The van der Waals surface area contributed by atoms with Crippen LogP contribution in [0.15, 0.2) is 60.3 Å². The van der Waals surface area contributed by atoms with Crippen LogP contribution in [0.1, 0.15) is 22.8 Å². The van der Waals surface area contributed by atoms with Crippen molar-refractivity contribution in [3.8, 4) is 5.75 Å². The van der Waals surface area contributed by atoms with Crippen molar-refractivity contribution in [2.45, 2.75) is 13.8 Å². The first-order valence-electron chi connectivity index (χ1n) is 7.65. The second-order valence-electron chi connectivity index (χ2n) is 5.40. The number of rotatable bonds is 5. The highest BCUT2D eigenvalue weighted by atomic mass is 16.7. The van der Waals surface area contributed by atoms with E-state index < -0.39 is 11.9 Å². The maximum absolute atomic E-state index is 11.9. The molecular formula is C19H20N2O4. The standard InChI is InChI=1S/C19H20N2O4/c1-13-4-6-15(7-5-13)19(23)21-25-18(22)12-14(2)20-16-8-10-17(24-3)11-9-16/h4-12,20H,1-3H3,(H,21,23)/b14-12-. The number of benzene rings is 2. The van der Waals surface area contributed by atoms with Gasteiger partial charge in [0.1, 0.15) is 5.75 Å². The first kappa shape index (κ1) is 18.1. The van der Waals surface area contributed by atoms with Crippen molar-refractivity contribution in [2.24, 2.45) is 0 Å². The molecule has 0 atom stereocenters. The van der Waals surface area contributed by atoms with E-state index in [2.05, 4.69) is 10.8 Å². The Morgan fingerprint density at radius 2 is 1.64 bits per heavy atom. The summed E-state index contributed by atoms with van der Waals surface area (Å²) in [6.45, 7) is 3.64. The van der Waals surface area contributed by atoms with Crippen LogP contribution in [0.25, 0.3) is 0 Å². The summed E-state index contributed by atoms with van der Waals surface area (Å²) in [5.41, 5.74) is 4.94. The van der Waals surface area contributed by atoms with Crippen molar-refractivity contribution >= 4 is 17.6 Å². The van der Waals surface area contributed by atoms with E-state index in [-0.39, 0.29) is 0 Å². The van der Waals surface area contributed by atoms with Gasteiger partial charge in [0.05, 0.1) is 7.11 Å². The number of hydrogen-bond donors (Lipinski definition) is 2. The highest BCUT2D eigenvalue weighted by Crippen LogP contribution is 2.16. The molecule has 1 amide bonds. The molecule has 0 aromatic heterocycles. The SMILES string of the molecule is COc1ccc(N/C(C)=C\C(=O)ONC(=O)c2ccc(C)cc2)cc1. The molecule has 6 heteroatoms. The minimum atomic E-state index is -0.682. The molecule has 0 aliphatic rings. The average molecular weight is 340 g/mol. The average Bonchev–Trinajstić information content (AvgIpc) is 2.61. The third-order valence-electron chi connectivity index (χ3n) is 3.32. The van der Waals surface area contributed by atoms with Crippen molar-refractivity contribution in [3.63, 3.8) is 0 Å². The molecule has 2 aromatic rings. The van der Waals surface area contributed by atoms with Crippen LogP contribution in [-0.2, 0) is 9.63 Å². The van der Waals surface area contributed by atoms with E-state index >= 15 is 0 Å². The number of amides is 1. The van der Waals surface area contributed by atoms with Crippen LogP contribution in [0.5, 0.6) is 5.75 Å². The fourth-order valence-electron chi connectivity index (χ4n) is 2.00.